The molecule has 31 heavy (non-hydrogen) atoms. The second-order valence-corrected chi connectivity index (χ2v) is 6.83. The number of rotatable bonds is 10. The SMILES string of the molecule is CCCOc1c(OC)cc(/C=N\n2c(-c3ccccc3OCC)n[nH]c2=S)cc1OC. The average molecular weight is 443 g/mol. The first-order valence-electron chi connectivity index (χ1n) is 9.95. The van der Waals surface area contributed by atoms with Crippen molar-refractivity contribution in [2.75, 3.05) is 27.4 Å². The lowest BCUT2D eigenvalue weighted by atomic mass is 10.2. The van der Waals surface area contributed by atoms with E-state index in [0.29, 0.717) is 46.8 Å². The Morgan fingerprint density at radius 3 is 2.42 bits per heavy atom. The van der Waals surface area contributed by atoms with Crippen LogP contribution in [0.2, 0.25) is 0 Å². The Kier molecular flexibility index (Phi) is 7.66. The molecule has 2 aromatic carbocycles. The lowest BCUT2D eigenvalue weighted by Crippen LogP contribution is -2.02. The van der Waals surface area contributed by atoms with Gasteiger partial charge in [0.2, 0.25) is 10.5 Å². The minimum atomic E-state index is 0.361. The first-order valence-corrected chi connectivity index (χ1v) is 10.4. The number of ether oxygens (including phenoxy) is 4. The molecule has 3 aromatic rings. The zero-order valence-electron chi connectivity index (χ0n) is 18.0. The van der Waals surface area contributed by atoms with Crippen LogP contribution in [0.25, 0.3) is 11.4 Å². The van der Waals surface area contributed by atoms with Crippen LogP contribution in [0.3, 0.4) is 0 Å². The molecule has 0 atom stereocenters. The molecule has 164 valence electrons. The molecule has 0 unspecified atom stereocenters. The molecular formula is C22H26N4O4S. The quantitative estimate of drug-likeness (QED) is 0.362. The van der Waals surface area contributed by atoms with Crippen molar-refractivity contribution in [2.24, 2.45) is 5.10 Å². The zero-order valence-corrected chi connectivity index (χ0v) is 18.9. The minimum absolute atomic E-state index is 0.361. The summed E-state index contributed by atoms with van der Waals surface area (Å²) in [5.74, 6) is 2.94. The van der Waals surface area contributed by atoms with Gasteiger partial charge in [-0.2, -0.15) is 14.9 Å². The van der Waals surface area contributed by atoms with E-state index in [1.807, 2.05) is 50.2 Å². The fourth-order valence-corrected chi connectivity index (χ4v) is 3.13. The molecule has 1 aromatic heterocycles. The fourth-order valence-electron chi connectivity index (χ4n) is 2.95. The van der Waals surface area contributed by atoms with Crippen molar-refractivity contribution < 1.29 is 18.9 Å². The maximum absolute atomic E-state index is 5.79. The van der Waals surface area contributed by atoms with Crippen LogP contribution >= 0.6 is 12.2 Å². The number of hydrogen-bond donors (Lipinski definition) is 1. The van der Waals surface area contributed by atoms with E-state index in [2.05, 4.69) is 15.3 Å². The van der Waals surface area contributed by atoms with Crippen molar-refractivity contribution in [3.63, 3.8) is 0 Å². The number of benzene rings is 2. The number of nitrogens with zero attached hydrogens (tertiary/aromatic N) is 3. The van der Waals surface area contributed by atoms with Crippen LogP contribution in [0.15, 0.2) is 41.5 Å². The van der Waals surface area contributed by atoms with E-state index < -0.39 is 0 Å². The number of methoxy groups -OCH3 is 2. The number of hydrogen-bond acceptors (Lipinski definition) is 7. The molecule has 1 N–H and O–H groups in total. The van der Waals surface area contributed by atoms with Crippen molar-refractivity contribution in [3.05, 3.63) is 46.7 Å². The summed E-state index contributed by atoms with van der Waals surface area (Å²) in [7, 11) is 3.17. The van der Waals surface area contributed by atoms with Gasteiger partial charge in [0, 0.05) is 5.56 Å². The number of nitrogens with one attached hydrogen (secondary N) is 1. The van der Waals surface area contributed by atoms with E-state index in [1.165, 1.54) is 0 Å². The van der Waals surface area contributed by atoms with E-state index in [4.69, 9.17) is 31.2 Å². The normalized spacial score (nSPS) is 11.0. The number of aromatic nitrogens is 3. The number of aromatic amines is 1. The summed E-state index contributed by atoms with van der Waals surface area (Å²) in [6, 6.07) is 11.3. The van der Waals surface area contributed by atoms with Crippen LogP contribution in [0.1, 0.15) is 25.8 Å². The van der Waals surface area contributed by atoms with Gasteiger partial charge in [-0.05, 0) is 49.8 Å². The van der Waals surface area contributed by atoms with E-state index >= 15 is 0 Å². The summed E-state index contributed by atoms with van der Waals surface area (Å²) in [6.07, 6.45) is 2.53. The molecule has 9 heteroatoms. The fraction of sp³-hybridized carbons (Fsp3) is 0.318. The lowest BCUT2D eigenvalue weighted by Gasteiger charge is -2.14. The summed E-state index contributed by atoms with van der Waals surface area (Å²) in [5.41, 5.74) is 1.54. The molecule has 8 nitrogen and oxygen atoms in total. The Hall–Kier alpha value is -3.33. The standard InChI is InChI=1S/C22H26N4O4S/c1-5-11-30-20-18(27-3)12-15(13-19(20)28-4)14-23-26-21(24-25-22(26)31)16-9-7-8-10-17(16)29-6-2/h7-10,12-14H,5-6,11H2,1-4H3,(H,25,31)/b23-14-. The zero-order chi connectivity index (χ0) is 22.2. The molecule has 0 aliphatic carbocycles. The van der Waals surface area contributed by atoms with Crippen molar-refractivity contribution in [1.29, 1.82) is 0 Å². The summed E-state index contributed by atoms with van der Waals surface area (Å²) in [4.78, 5) is 0. The maximum Gasteiger partial charge on any atom is 0.216 e. The van der Waals surface area contributed by atoms with Gasteiger partial charge in [0.05, 0.1) is 39.2 Å². The number of H-pyrrole nitrogens is 1. The highest BCUT2D eigenvalue weighted by Gasteiger charge is 2.15. The Bertz CT molecular complexity index is 1080. The van der Waals surface area contributed by atoms with Crippen molar-refractivity contribution >= 4 is 18.4 Å². The van der Waals surface area contributed by atoms with Gasteiger partial charge >= 0.3 is 0 Å². The minimum Gasteiger partial charge on any atom is -0.493 e. The van der Waals surface area contributed by atoms with Crippen molar-refractivity contribution in [2.45, 2.75) is 20.3 Å². The Labute approximate surface area is 186 Å². The monoisotopic (exact) mass is 442 g/mol. The Morgan fingerprint density at radius 1 is 1.06 bits per heavy atom. The van der Waals surface area contributed by atoms with Crippen LogP contribution in [0.4, 0.5) is 0 Å². The molecule has 0 saturated carbocycles. The van der Waals surface area contributed by atoms with Crippen LogP contribution in [-0.4, -0.2) is 48.5 Å². The third-order valence-corrected chi connectivity index (χ3v) is 4.60. The summed E-state index contributed by atoms with van der Waals surface area (Å²) >= 11 is 5.38. The van der Waals surface area contributed by atoms with Gasteiger partial charge in [-0.25, -0.2) is 5.10 Å². The van der Waals surface area contributed by atoms with Crippen molar-refractivity contribution in [3.8, 4) is 34.4 Å². The van der Waals surface area contributed by atoms with Gasteiger partial charge in [-0.3, -0.25) is 0 Å². The van der Waals surface area contributed by atoms with Crippen molar-refractivity contribution in [1.82, 2.24) is 14.9 Å². The van der Waals surface area contributed by atoms with Gasteiger partial charge in [0.25, 0.3) is 0 Å². The first-order chi connectivity index (χ1) is 15.1. The van der Waals surface area contributed by atoms with E-state index in [0.717, 1.165) is 17.5 Å². The maximum atomic E-state index is 5.79. The first kappa shape index (κ1) is 22.4. The average Bonchev–Trinajstić information content (AvgIpc) is 3.16. The third-order valence-electron chi connectivity index (χ3n) is 4.33. The van der Waals surface area contributed by atoms with Gasteiger partial charge in [-0.1, -0.05) is 19.1 Å². The highest BCUT2D eigenvalue weighted by Crippen LogP contribution is 2.38. The van der Waals surface area contributed by atoms with Crippen LogP contribution in [0, 0.1) is 4.77 Å². The predicted molar refractivity (Wildman–Crippen MR) is 122 cm³/mol. The Balaban J connectivity index is 2.00. The molecule has 3 rings (SSSR count). The molecule has 0 fully saturated rings. The van der Waals surface area contributed by atoms with E-state index in [1.54, 1.807) is 25.1 Å². The Morgan fingerprint density at radius 2 is 1.77 bits per heavy atom. The summed E-state index contributed by atoms with van der Waals surface area (Å²) in [5, 5.41) is 11.7. The molecule has 0 amide bonds. The van der Waals surface area contributed by atoms with Crippen LogP contribution in [-0.2, 0) is 0 Å². The van der Waals surface area contributed by atoms with Gasteiger partial charge < -0.3 is 18.9 Å². The topological polar surface area (TPSA) is 82.9 Å². The third kappa shape index (κ3) is 5.05. The molecule has 0 aliphatic heterocycles. The van der Waals surface area contributed by atoms with Crippen LogP contribution in [0.5, 0.6) is 23.0 Å². The highest BCUT2D eigenvalue weighted by atomic mass is 32.1. The second kappa shape index (κ2) is 10.6. The molecule has 0 saturated heterocycles. The smallest absolute Gasteiger partial charge is 0.216 e. The van der Waals surface area contributed by atoms with E-state index in [9.17, 15) is 0 Å². The molecule has 0 bridgehead atoms. The second-order valence-electron chi connectivity index (χ2n) is 6.44. The van der Waals surface area contributed by atoms with Gasteiger partial charge in [0.15, 0.2) is 17.3 Å². The highest BCUT2D eigenvalue weighted by molar-refractivity contribution is 7.71. The molecule has 0 radical (unpaired) electrons. The molecule has 0 spiro atoms. The predicted octanol–water partition coefficient (Wildman–Crippen LogP) is 4.69. The van der Waals surface area contributed by atoms with Gasteiger partial charge in [-0.15, -0.1) is 0 Å². The summed E-state index contributed by atoms with van der Waals surface area (Å²) < 4.78 is 24.4. The molecule has 0 aliphatic rings. The van der Waals surface area contributed by atoms with Gasteiger partial charge in [0.1, 0.15) is 5.75 Å². The largest absolute Gasteiger partial charge is 0.493 e. The molecule has 1 heterocycles. The van der Waals surface area contributed by atoms with Crippen LogP contribution < -0.4 is 18.9 Å². The molecular weight excluding hydrogens is 416 g/mol. The lowest BCUT2D eigenvalue weighted by molar-refractivity contribution is 0.275. The summed E-state index contributed by atoms with van der Waals surface area (Å²) in [6.45, 7) is 5.07. The number of para-hydroxylation sites is 1. The van der Waals surface area contributed by atoms with E-state index in [-0.39, 0.29) is 0 Å².